The number of alkyl halides is 1. The molecule has 0 bridgehead atoms. The molecule has 20 heavy (non-hydrogen) atoms. The van der Waals surface area contributed by atoms with Gasteiger partial charge >= 0.3 is 0 Å². The molecule has 0 aliphatic carbocycles. The fourth-order valence-corrected chi connectivity index (χ4v) is 2.39. The quantitative estimate of drug-likeness (QED) is 0.762. The molecule has 0 spiro atoms. The standard InChI is InChI=1S/C12H11BrClF2N3O/c1-20-3-2-19-10(6-14)17-18-12(19)11-8(15)4-7(13)5-9(11)16/h4-5H,2-3,6H2,1H3. The van der Waals surface area contributed by atoms with Gasteiger partial charge in [0, 0.05) is 18.1 Å². The molecule has 2 aromatic rings. The highest BCUT2D eigenvalue weighted by molar-refractivity contribution is 9.10. The van der Waals surface area contributed by atoms with Crippen LogP contribution in [-0.4, -0.2) is 28.5 Å². The van der Waals surface area contributed by atoms with Crippen LogP contribution in [0.25, 0.3) is 11.4 Å². The zero-order chi connectivity index (χ0) is 14.7. The Kier molecular flexibility index (Phi) is 5.06. The van der Waals surface area contributed by atoms with Gasteiger partial charge in [-0.25, -0.2) is 8.78 Å². The zero-order valence-corrected chi connectivity index (χ0v) is 12.9. The highest BCUT2D eigenvalue weighted by atomic mass is 79.9. The van der Waals surface area contributed by atoms with Crippen LogP contribution in [0.4, 0.5) is 8.78 Å². The Morgan fingerprint density at radius 1 is 1.30 bits per heavy atom. The fourth-order valence-electron chi connectivity index (χ4n) is 1.79. The van der Waals surface area contributed by atoms with Crippen molar-refractivity contribution < 1.29 is 13.5 Å². The van der Waals surface area contributed by atoms with Crippen LogP contribution in [-0.2, 0) is 17.2 Å². The van der Waals surface area contributed by atoms with Gasteiger partial charge < -0.3 is 9.30 Å². The van der Waals surface area contributed by atoms with Crippen LogP contribution in [0, 0.1) is 11.6 Å². The molecule has 1 aromatic carbocycles. The van der Waals surface area contributed by atoms with Crippen molar-refractivity contribution in [3.05, 3.63) is 34.1 Å². The first-order valence-electron chi connectivity index (χ1n) is 5.70. The van der Waals surface area contributed by atoms with E-state index in [0.29, 0.717) is 23.4 Å². The van der Waals surface area contributed by atoms with E-state index < -0.39 is 11.6 Å². The van der Waals surface area contributed by atoms with Gasteiger partial charge in [0.2, 0.25) is 0 Å². The predicted octanol–water partition coefficient (Wildman–Crippen LogP) is 3.37. The average Bonchev–Trinajstić information content (AvgIpc) is 2.78. The summed E-state index contributed by atoms with van der Waals surface area (Å²) >= 11 is 8.79. The Hall–Kier alpha value is -1.05. The lowest BCUT2D eigenvalue weighted by molar-refractivity contribution is 0.187. The molecule has 0 atom stereocenters. The molecule has 108 valence electrons. The van der Waals surface area contributed by atoms with Crippen LogP contribution in [0.5, 0.6) is 0 Å². The molecule has 0 saturated carbocycles. The van der Waals surface area contributed by atoms with Gasteiger partial charge in [-0.15, -0.1) is 21.8 Å². The minimum atomic E-state index is -0.718. The highest BCUT2D eigenvalue weighted by Crippen LogP contribution is 2.28. The lowest BCUT2D eigenvalue weighted by Gasteiger charge is -2.10. The van der Waals surface area contributed by atoms with Crippen LogP contribution in [0.15, 0.2) is 16.6 Å². The summed E-state index contributed by atoms with van der Waals surface area (Å²) < 4.78 is 34.8. The molecule has 0 fully saturated rings. The lowest BCUT2D eigenvalue weighted by Crippen LogP contribution is -2.10. The second-order valence-corrected chi connectivity index (χ2v) is 5.15. The van der Waals surface area contributed by atoms with Crippen LogP contribution >= 0.6 is 27.5 Å². The number of benzene rings is 1. The van der Waals surface area contributed by atoms with E-state index in [1.165, 1.54) is 19.2 Å². The maximum Gasteiger partial charge on any atom is 0.170 e. The molecule has 4 nitrogen and oxygen atoms in total. The summed E-state index contributed by atoms with van der Waals surface area (Å²) in [6.45, 7) is 0.713. The predicted molar refractivity (Wildman–Crippen MR) is 74.5 cm³/mol. The van der Waals surface area contributed by atoms with Gasteiger partial charge in [-0.2, -0.15) is 0 Å². The Balaban J connectivity index is 2.55. The third kappa shape index (κ3) is 2.99. The number of ether oxygens (including phenoxy) is 1. The highest BCUT2D eigenvalue weighted by Gasteiger charge is 2.20. The SMILES string of the molecule is COCCn1c(CCl)nnc1-c1c(F)cc(Br)cc1F. The molecule has 0 unspecified atom stereocenters. The second-order valence-electron chi connectivity index (χ2n) is 3.96. The number of hydrogen-bond donors (Lipinski definition) is 0. The monoisotopic (exact) mass is 365 g/mol. The van der Waals surface area contributed by atoms with Gasteiger partial charge in [0.15, 0.2) is 5.82 Å². The van der Waals surface area contributed by atoms with E-state index in [-0.39, 0.29) is 17.3 Å². The van der Waals surface area contributed by atoms with Crippen molar-refractivity contribution in [1.29, 1.82) is 0 Å². The fraction of sp³-hybridized carbons (Fsp3) is 0.333. The molecular formula is C12H11BrClF2N3O. The molecule has 0 N–H and O–H groups in total. The van der Waals surface area contributed by atoms with Gasteiger partial charge in [-0.3, -0.25) is 0 Å². The van der Waals surface area contributed by atoms with E-state index >= 15 is 0 Å². The number of methoxy groups -OCH3 is 1. The molecule has 0 aliphatic rings. The van der Waals surface area contributed by atoms with Crippen molar-refractivity contribution in [2.45, 2.75) is 12.4 Å². The molecule has 1 aromatic heterocycles. The van der Waals surface area contributed by atoms with Crippen molar-refractivity contribution in [2.24, 2.45) is 0 Å². The summed E-state index contributed by atoms with van der Waals surface area (Å²) in [7, 11) is 1.53. The van der Waals surface area contributed by atoms with Gasteiger partial charge in [0.05, 0.1) is 18.1 Å². The lowest BCUT2D eigenvalue weighted by atomic mass is 10.2. The van der Waals surface area contributed by atoms with E-state index in [4.69, 9.17) is 16.3 Å². The average molecular weight is 367 g/mol. The number of aromatic nitrogens is 3. The number of hydrogen-bond acceptors (Lipinski definition) is 3. The number of nitrogens with zero attached hydrogens (tertiary/aromatic N) is 3. The van der Waals surface area contributed by atoms with E-state index in [1.54, 1.807) is 4.57 Å². The normalized spacial score (nSPS) is 11.1. The zero-order valence-electron chi connectivity index (χ0n) is 10.5. The van der Waals surface area contributed by atoms with Gasteiger partial charge in [-0.05, 0) is 12.1 Å². The maximum atomic E-state index is 14.0. The van der Waals surface area contributed by atoms with Crippen molar-refractivity contribution in [3.63, 3.8) is 0 Å². The summed E-state index contributed by atoms with van der Waals surface area (Å²) in [4.78, 5) is 0. The van der Waals surface area contributed by atoms with E-state index in [0.717, 1.165) is 0 Å². The summed E-state index contributed by atoms with van der Waals surface area (Å²) in [5.74, 6) is -0.815. The molecule has 0 aliphatic heterocycles. The minimum absolute atomic E-state index is 0.0937. The molecule has 2 rings (SSSR count). The number of halogens is 4. The van der Waals surface area contributed by atoms with Crippen molar-refractivity contribution in [2.75, 3.05) is 13.7 Å². The third-order valence-electron chi connectivity index (χ3n) is 2.70. The first-order valence-corrected chi connectivity index (χ1v) is 7.03. The summed E-state index contributed by atoms with van der Waals surface area (Å²) in [6.07, 6.45) is 0. The van der Waals surface area contributed by atoms with E-state index in [2.05, 4.69) is 26.1 Å². The molecule has 0 saturated heterocycles. The van der Waals surface area contributed by atoms with Gasteiger partial charge in [0.1, 0.15) is 17.5 Å². The third-order valence-corrected chi connectivity index (χ3v) is 3.39. The maximum absolute atomic E-state index is 14.0. The van der Waals surface area contributed by atoms with Crippen LogP contribution in [0.1, 0.15) is 5.82 Å². The largest absolute Gasteiger partial charge is 0.383 e. The Morgan fingerprint density at radius 2 is 1.95 bits per heavy atom. The topological polar surface area (TPSA) is 39.9 Å². The molecule has 1 heterocycles. The van der Waals surface area contributed by atoms with Crippen molar-refractivity contribution >= 4 is 27.5 Å². The summed E-state index contributed by atoms with van der Waals surface area (Å²) in [6, 6.07) is 2.35. The van der Waals surface area contributed by atoms with Crippen molar-refractivity contribution in [3.8, 4) is 11.4 Å². The first-order chi connectivity index (χ1) is 9.58. The molecule has 8 heteroatoms. The minimum Gasteiger partial charge on any atom is -0.383 e. The molecular weight excluding hydrogens is 356 g/mol. The van der Waals surface area contributed by atoms with Gasteiger partial charge in [0.25, 0.3) is 0 Å². The summed E-state index contributed by atoms with van der Waals surface area (Å²) in [5.41, 5.74) is -0.229. The Labute approximate surface area is 127 Å². The van der Waals surface area contributed by atoms with E-state index in [9.17, 15) is 8.78 Å². The molecule has 0 amide bonds. The summed E-state index contributed by atoms with van der Waals surface area (Å²) in [5, 5.41) is 7.69. The Bertz CT molecular complexity index is 598. The van der Waals surface area contributed by atoms with Crippen molar-refractivity contribution in [1.82, 2.24) is 14.8 Å². The number of rotatable bonds is 5. The van der Waals surface area contributed by atoms with Crippen LogP contribution < -0.4 is 0 Å². The smallest absolute Gasteiger partial charge is 0.170 e. The Morgan fingerprint density at radius 3 is 2.50 bits per heavy atom. The van der Waals surface area contributed by atoms with Gasteiger partial charge in [-0.1, -0.05) is 15.9 Å². The molecule has 0 radical (unpaired) electrons. The second kappa shape index (κ2) is 6.60. The van der Waals surface area contributed by atoms with E-state index in [1.807, 2.05) is 0 Å². The van der Waals surface area contributed by atoms with Crippen LogP contribution in [0.2, 0.25) is 0 Å². The van der Waals surface area contributed by atoms with Crippen LogP contribution in [0.3, 0.4) is 0 Å². The first kappa shape index (κ1) is 15.3.